The lowest BCUT2D eigenvalue weighted by atomic mass is 10.1. The molecular weight excluding hydrogens is 464 g/mol. The van der Waals surface area contributed by atoms with E-state index in [-0.39, 0.29) is 30.1 Å². The predicted molar refractivity (Wildman–Crippen MR) is 123 cm³/mol. The van der Waals surface area contributed by atoms with Crippen LogP contribution in [0.3, 0.4) is 0 Å². The van der Waals surface area contributed by atoms with E-state index in [0.29, 0.717) is 22.4 Å². The fourth-order valence-electron chi connectivity index (χ4n) is 3.28. The van der Waals surface area contributed by atoms with Crippen molar-refractivity contribution in [3.63, 3.8) is 0 Å². The van der Waals surface area contributed by atoms with Crippen LogP contribution < -0.4 is 11.1 Å². The maximum Gasteiger partial charge on any atom is 0.419 e. The highest BCUT2D eigenvalue weighted by Crippen LogP contribution is 2.36. The SMILES string of the molecule is CCOC(=O)c1c(-c2ccco2)csc1NC(=O)COC(=O)CCn1c(=O)oc2ccccc21. The Morgan fingerprint density at radius 1 is 1.12 bits per heavy atom. The van der Waals surface area contributed by atoms with Crippen molar-refractivity contribution in [1.29, 1.82) is 0 Å². The Morgan fingerprint density at radius 2 is 1.94 bits per heavy atom. The number of aryl methyl sites for hydroxylation is 1. The predicted octanol–water partition coefficient (Wildman–Crippen LogP) is 3.66. The lowest BCUT2D eigenvalue weighted by molar-refractivity contribution is -0.147. The van der Waals surface area contributed by atoms with E-state index in [2.05, 4.69) is 5.32 Å². The number of nitrogens with one attached hydrogen (secondary N) is 1. The van der Waals surface area contributed by atoms with Crippen molar-refractivity contribution in [3.8, 4) is 11.3 Å². The van der Waals surface area contributed by atoms with E-state index in [1.54, 1.807) is 48.7 Å². The van der Waals surface area contributed by atoms with Crippen LogP contribution in [0.2, 0.25) is 0 Å². The molecule has 1 N–H and O–H groups in total. The zero-order valence-corrected chi connectivity index (χ0v) is 18.9. The molecule has 0 saturated heterocycles. The molecule has 0 radical (unpaired) electrons. The molecule has 34 heavy (non-hydrogen) atoms. The summed E-state index contributed by atoms with van der Waals surface area (Å²) >= 11 is 1.12. The van der Waals surface area contributed by atoms with Gasteiger partial charge in [-0.2, -0.15) is 0 Å². The van der Waals surface area contributed by atoms with Crippen LogP contribution in [0.5, 0.6) is 0 Å². The van der Waals surface area contributed by atoms with Crippen LogP contribution in [0.25, 0.3) is 22.4 Å². The van der Waals surface area contributed by atoms with Crippen LogP contribution in [-0.4, -0.2) is 35.6 Å². The molecule has 0 fully saturated rings. The maximum absolute atomic E-state index is 12.5. The second-order valence-electron chi connectivity index (χ2n) is 7.00. The lowest BCUT2D eigenvalue weighted by Crippen LogP contribution is -2.23. The molecule has 1 amide bonds. The average Bonchev–Trinajstić information content (AvgIpc) is 3.55. The normalized spacial score (nSPS) is 10.9. The van der Waals surface area contributed by atoms with Gasteiger partial charge in [-0.05, 0) is 31.2 Å². The highest BCUT2D eigenvalue weighted by Gasteiger charge is 2.24. The van der Waals surface area contributed by atoms with Crippen LogP contribution in [0.1, 0.15) is 23.7 Å². The molecule has 1 aromatic carbocycles. The number of hydrogen-bond donors (Lipinski definition) is 1. The van der Waals surface area contributed by atoms with Gasteiger partial charge >= 0.3 is 17.7 Å². The molecule has 4 aromatic rings. The highest BCUT2D eigenvalue weighted by molar-refractivity contribution is 7.15. The first-order valence-corrected chi connectivity index (χ1v) is 11.2. The summed E-state index contributed by atoms with van der Waals surface area (Å²) in [6, 6.07) is 10.2. The monoisotopic (exact) mass is 484 g/mol. The Kier molecular flexibility index (Phi) is 6.93. The van der Waals surface area contributed by atoms with E-state index in [1.165, 1.54) is 10.8 Å². The number of fused-ring (bicyclic) bond motifs is 1. The number of ether oxygens (including phenoxy) is 2. The minimum Gasteiger partial charge on any atom is -0.464 e. The Balaban J connectivity index is 1.36. The van der Waals surface area contributed by atoms with Crippen molar-refractivity contribution in [2.24, 2.45) is 0 Å². The number of rotatable bonds is 9. The summed E-state index contributed by atoms with van der Waals surface area (Å²) in [5.41, 5.74) is 1.63. The standard InChI is InChI=1S/C23H20N2O8S/c1-2-30-22(28)20-14(16-8-5-11-31-16)13-34-21(20)24-18(26)12-32-19(27)9-10-25-15-6-3-4-7-17(15)33-23(25)29/h3-8,11,13H,2,9-10,12H2,1H3,(H,24,26). The summed E-state index contributed by atoms with van der Waals surface area (Å²) in [4.78, 5) is 49.0. The molecule has 176 valence electrons. The Hall–Kier alpha value is -4.12. The molecule has 0 spiro atoms. The number of para-hydroxylation sites is 2. The van der Waals surface area contributed by atoms with Gasteiger partial charge < -0.3 is 23.6 Å². The number of oxazole rings is 1. The first-order chi connectivity index (χ1) is 16.5. The molecular formula is C23H20N2O8S. The minimum absolute atomic E-state index is 0.0424. The first kappa shape index (κ1) is 23.1. The molecule has 0 unspecified atom stereocenters. The van der Waals surface area contributed by atoms with Gasteiger partial charge in [0.1, 0.15) is 16.3 Å². The zero-order chi connectivity index (χ0) is 24.1. The number of hydrogen-bond acceptors (Lipinski definition) is 9. The Bertz CT molecular complexity index is 1380. The summed E-state index contributed by atoms with van der Waals surface area (Å²) in [6.07, 6.45) is 1.34. The van der Waals surface area contributed by atoms with E-state index in [0.717, 1.165) is 11.3 Å². The molecule has 0 aliphatic carbocycles. The summed E-state index contributed by atoms with van der Waals surface area (Å²) in [7, 11) is 0. The van der Waals surface area contributed by atoms with E-state index in [4.69, 9.17) is 18.3 Å². The van der Waals surface area contributed by atoms with Gasteiger partial charge in [0, 0.05) is 17.5 Å². The third kappa shape index (κ3) is 4.94. The number of carbonyl (C=O) groups excluding carboxylic acids is 3. The molecule has 10 nitrogen and oxygen atoms in total. The number of aromatic nitrogens is 1. The number of carbonyl (C=O) groups is 3. The molecule has 0 bridgehead atoms. The zero-order valence-electron chi connectivity index (χ0n) is 18.1. The molecule has 11 heteroatoms. The average molecular weight is 484 g/mol. The lowest BCUT2D eigenvalue weighted by Gasteiger charge is -2.08. The Morgan fingerprint density at radius 3 is 2.71 bits per heavy atom. The third-order valence-corrected chi connectivity index (χ3v) is 5.68. The largest absolute Gasteiger partial charge is 0.464 e. The van der Waals surface area contributed by atoms with Crippen molar-refractivity contribution in [3.05, 3.63) is 64.2 Å². The number of amides is 1. The Labute approximate surface area is 196 Å². The van der Waals surface area contributed by atoms with Crippen molar-refractivity contribution in [1.82, 2.24) is 4.57 Å². The summed E-state index contributed by atoms with van der Waals surface area (Å²) in [5, 5.41) is 4.50. The third-order valence-electron chi connectivity index (χ3n) is 4.79. The minimum atomic E-state index is -0.666. The second kappa shape index (κ2) is 10.2. The van der Waals surface area contributed by atoms with Gasteiger partial charge in [0.05, 0.1) is 24.8 Å². The molecule has 0 atom stereocenters. The number of esters is 2. The van der Waals surface area contributed by atoms with E-state index < -0.39 is 30.2 Å². The van der Waals surface area contributed by atoms with E-state index in [9.17, 15) is 19.2 Å². The fourth-order valence-corrected chi connectivity index (χ4v) is 4.23. The molecule has 0 aliphatic rings. The van der Waals surface area contributed by atoms with Crippen molar-refractivity contribution < 1.29 is 32.7 Å². The van der Waals surface area contributed by atoms with Gasteiger partial charge in [0.25, 0.3) is 5.91 Å². The van der Waals surface area contributed by atoms with E-state index in [1.807, 2.05) is 0 Å². The summed E-state index contributed by atoms with van der Waals surface area (Å²) < 4.78 is 21.9. The van der Waals surface area contributed by atoms with Crippen molar-refractivity contribution in [2.75, 3.05) is 18.5 Å². The maximum atomic E-state index is 12.5. The number of anilines is 1. The second-order valence-corrected chi connectivity index (χ2v) is 7.88. The topological polar surface area (TPSA) is 130 Å². The van der Waals surface area contributed by atoms with Gasteiger partial charge in [0.2, 0.25) is 0 Å². The number of thiophene rings is 1. The quantitative estimate of drug-likeness (QED) is 0.356. The molecule has 3 heterocycles. The highest BCUT2D eigenvalue weighted by atomic mass is 32.1. The molecule has 3 aromatic heterocycles. The molecule has 4 rings (SSSR count). The smallest absolute Gasteiger partial charge is 0.419 e. The van der Waals surface area contributed by atoms with Crippen LogP contribution in [0.4, 0.5) is 5.00 Å². The number of nitrogens with zero attached hydrogens (tertiary/aromatic N) is 1. The van der Waals surface area contributed by atoms with Crippen LogP contribution in [-0.2, 0) is 25.6 Å². The first-order valence-electron chi connectivity index (χ1n) is 10.3. The fraction of sp³-hybridized carbons (Fsp3) is 0.217. The number of furan rings is 1. The molecule has 0 aliphatic heterocycles. The van der Waals surface area contributed by atoms with Crippen LogP contribution in [0, 0.1) is 0 Å². The summed E-state index contributed by atoms with van der Waals surface area (Å²) in [6.45, 7) is 1.32. The van der Waals surface area contributed by atoms with Crippen molar-refractivity contribution >= 4 is 45.3 Å². The number of benzene rings is 1. The molecule has 0 saturated carbocycles. The van der Waals surface area contributed by atoms with Crippen molar-refractivity contribution in [2.45, 2.75) is 19.9 Å². The van der Waals surface area contributed by atoms with Gasteiger partial charge in [0.15, 0.2) is 12.2 Å². The summed E-state index contributed by atoms with van der Waals surface area (Å²) in [5.74, 6) is -2.03. The van der Waals surface area contributed by atoms with Gasteiger partial charge in [-0.3, -0.25) is 14.2 Å². The van der Waals surface area contributed by atoms with Crippen LogP contribution in [0.15, 0.2) is 61.7 Å². The van der Waals surface area contributed by atoms with Gasteiger partial charge in [-0.1, -0.05) is 12.1 Å². The van der Waals surface area contributed by atoms with Crippen LogP contribution >= 0.6 is 11.3 Å². The van der Waals surface area contributed by atoms with E-state index >= 15 is 0 Å². The van der Waals surface area contributed by atoms with Gasteiger partial charge in [-0.15, -0.1) is 11.3 Å². The van der Waals surface area contributed by atoms with Gasteiger partial charge in [-0.25, -0.2) is 9.59 Å².